The predicted octanol–water partition coefficient (Wildman–Crippen LogP) is 4.62. The van der Waals surface area contributed by atoms with E-state index in [4.69, 9.17) is 4.74 Å². The molecule has 3 rings (SSSR count). The molecule has 1 N–H and O–H groups in total. The van der Waals surface area contributed by atoms with Gasteiger partial charge in [-0.2, -0.15) is 13.2 Å². The molecule has 1 unspecified atom stereocenters. The predicted molar refractivity (Wildman–Crippen MR) is 120 cm³/mol. The van der Waals surface area contributed by atoms with Crippen LogP contribution in [-0.4, -0.2) is 54.7 Å². The van der Waals surface area contributed by atoms with Crippen LogP contribution in [0.25, 0.3) is 10.6 Å². The SMILES string of the molecule is CCC(CC)C(CNC(=O)Cc1csc(-c2ccc(C(F)(F)F)cc2)n1)N1CCOCC1. The Bertz CT molecular complexity index is 860. The van der Waals surface area contributed by atoms with Gasteiger partial charge >= 0.3 is 6.18 Å². The van der Waals surface area contributed by atoms with E-state index in [1.165, 1.54) is 23.5 Å². The van der Waals surface area contributed by atoms with E-state index in [-0.39, 0.29) is 18.4 Å². The molecule has 5 nitrogen and oxygen atoms in total. The maximum absolute atomic E-state index is 12.7. The summed E-state index contributed by atoms with van der Waals surface area (Å²) in [5, 5.41) is 5.46. The number of benzene rings is 1. The van der Waals surface area contributed by atoms with Gasteiger partial charge in [0.1, 0.15) is 5.01 Å². The number of morpholine rings is 1. The quantitative estimate of drug-likeness (QED) is 0.582. The molecule has 1 aliphatic heterocycles. The number of ether oxygens (including phenoxy) is 1. The highest BCUT2D eigenvalue weighted by atomic mass is 32.1. The Morgan fingerprint density at radius 1 is 1.19 bits per heavy atom. The molecule has 1 amide bonds. The van der Waals surface area contributed by atoms with Crippen LogP contribution in [0, 0.1) is 5.92 Å². The third-order valence-corrected chi connectivity index (χ3v) is 6.91. The first-order valence-electron chi connectivity index (χ1n) is 11.0. The highest BCUT2D eigenvalue weighted by Crippen LogP contribution is 2.31. The molecule has 1 aromatic heterocycles. The average molecular weight is 470 g/mol. The molecule has 1 aromatic carbocycles. The van der Waals surface area contributed by atoms with E-state index in [9.17, 15) is 18.0 Å². The normalized spacial score (nSPS) is 16.3. The number of rotatable bonds is 9. The Kier molecular flexibility index (Phi) is 8.67. The third kappa shape index (κ3) is 6.52. The highest BCUT2D eigenvalue weighted by Gasteiger charge is 2.30. The molecule has 1 fully saturated rings. The van der Waals surface area contributed by atoms with Crippen LogP contribution in [0.2, 0.25) is 0 Å². The fraction of sp³-hybridized carbons (Fsp3) is 0.565. The van der Waals surface area contributed by atoms with Crippen molar-refractivity contribution in [2.45, 2.75) is 45.3 Å². The number of alkyl halides is 3. The van der Waals surface area contributed by atoms with Gasteiger partial charge in [0, 0.05) is 36.6 Å². The molecule has 176 valence electrons. The minimum Gasteiger partial charge on any atom is -0.379 e. The van der Waals surface area contributed by atoms with Gasteiger partial charge in [-0.3, -0.25) is 9.69 Å². The summed E-state index contributed by atoms with van der Waals surface area (Å²) in [6.07, 6.45) is -2.11. The average Bonchev–Trinajstić information content (AvgIpc) is 3.25. The highest BCUT2D eigenvalue weighted by molar-refractivity contribution is 7.13. The lowest BCUT2D eigenvalue weighted by atomic mass is 9.92. The monoisotopic (exact) mass is 469 g/mol. The summed E-state index contributed by atoms with van der Waals surface area (Å²) in [5.74, 6) is 0.400. The van der Waals surface area contributed by atoms with Gasteiger partial charge in [-0.05, 0) is 18.1 Å². The summed E-state index contributed by atoms with van der Waals surface area (Å²) in [4.78, 5) is 19.4. The molecule has 0 saturated carbocycles. The number of amides is 1. The minimum absolute atomic E-state index is 0.0986. The molecule has 2 aromatic rings. The van der Waals surface area contributed by atoms with E-state index < -0.39 is 11.7 Å². The molecule has 32 heavy (non-hydrogen) atoms. The van der Waals surface area contributed by atoms with E-state index in [0.717, 1.165) is 51.3 Å². The number of aromatic nitrogens is 1. The van der Waals surface area contributed by atoms with E-state index in [1.807, 2.05) is 0 Å². The van der Waals surface area contributed by atoms with Crippen molar-refractivity contribution in [1.82, 2.24) is 15.2 Å². The van der Waals surface area contributed by atoms with Gasteiger partial charge in [-0.1, -0.05) is 38.8 Å². The van der Waals surface area contributed by atoms with Gasteiger partial charge in [0.05, 0.1) is 30.9 Å². The Labute approximate surface area is 191 Å². The van der Waals surface area contributed by atoms with Gasteiger partial charge in [0.25, 0.3) is 0 Å². The number of nitrogens with zero attached hydrogens (tertiary/aromatic N) is 2. The first-order valence-corrected chi connectivity index (χ1v) is 11.9. The first-order chi connectivity index (χ1) is 15.3. The van der Waals surface area contributed by atoms with Crippen molar-refractivity contribution < 1.29 is 22.7 Å². The number of nitrogens with one attached hydrogen (secondary N) is 1. The summed E-state index contributed by atoms with van der Waals surface area (Å²) in [7, 11) is 0. The molecule has 9 heteroatoms. The lowest BCUT2D eigenvalue weighted by Crippen LogP contribution is -2.52. The maximum Gasteiger partial charge on any atom is 0.416 e. The zero-order valence-electron chi connectivity index (χ0n) is 18.5. The van der Waals surface area contributed by atoms with Gasteiger partial charge in [-0.15, -0.1) is 11.3 Å². The van der Waals surface area contributed by atoms with Crippen LogP contribution < -0.4 is 5.32 Å². The van der Waals surface area contributed by atoms with Gasteiger partial charge in [-0.25, -0.2) is 4.98 Å². The number of thiazole rings is 1. The number of carbonyl (C=O) groups excluding carboxylic acids is 1. The fourth-order valence-electron chi connectivity index (χ4n) is 4.10. The molecule has 0 radical (unpaired) electrons. The molecule has 1 aliphatic rings. The summed E-state index contributed by atoms with van der Waals surface area (Å²) in [6.45, 7) is 8.13. The second-order valence-electron chi connectivity index (χ2n) is 7.99. The summed E-state index contributed by atoms with van der Waals surface area (Å²) < 4.78 is 43.7. The van der Waals surface area contributed by atoms with Crippen molar-refractivity contribution in [2.24, 2.45) is 5.92 Å². The lowest BCUT2D eigenvalue weighted by molar-refractivity contribution is -0.137. The first kappa shape index (κ1) is 24.7. The number of carbonyl (C=O) groups is 1. The zero-order valence-corrected chi connectivity index (χ0v) is 19.3. The standard InChI is InChI=1S/C23H30F3N3O2S/c1-3-16(4-2)20(29-9-11-31-12-10-29)14-27-21(30)13-19-15-32-22(28-19)17-5-7-18(8-6-17)23(24,25)26/h5-8,15-16,20H,3-4,9-14H2,1-2H3,(H,27,30). The smallest absolute Gasteiger partial charge is 0.379 e. The summed E-state index contributed by atoms with van der Waals surface area (Å²) in [6, 6.07) is 5.19. The van der Waals surface area contributed by atoms with E-state index in [0.29, 0.717) is 28.7 Å². The van der Waals surface area contributed by atoms with Crippen LogP contribution in [0.1, 0.15) is 37.9 Å². The third-order valence-electron chi connectivity index (χ3n) is 5.97. The lowest BCUT2D eigenvalue weighted by Gasteiger charge is -2.38. The van der Waals surface area contributed by atoms with Crippen molar-refractivity contribution in [3.63, 3.8) is 0 Å². The van der Waals surface area contributed by atoms with Gasteiger partial charge in [0.15, 0.2) is 0 Å². The minimum atomic E-state index is -4.36. The van der Waals surface area contributed by atoms with E-state index in [1.54, 1.807) is 5.38 Å². The van der Waals surface area contributed by atoms with Crippen LogP contribution in [0.5, 0.6) is 0 Å². The second kappa shape index (κ2) is 11.2. The molecular formula is C23H30F3N3O2S. The van der Waals surface area contributed by atoms with Gasteiger partial charge < -0.3 is 10.1 Å². The molecule has 0 bridgehead atoms. The molecule has 1 atom stereocenters. The van der Waals surface area contributed by atoms with Crippen LogP contribution >= 0.6 is 11.3 Å². The number of hydrogen-bond acceptors (Lipinski definition) is 5. The van der Waals surface area contributed by atoms with Crippen LogP contribution in [0.3, 0.4) is 0 Å². The summed E-state index contributed by atoms with van der Waals surface area (Å²) >= 11 is 1.32. The Hall–Kier alpha value is -1.97. The molecule has 2 heterocycles. The van der Waals surface area contributed by atoms with Gasteiger partial charge in [0.2, 0.25) is 5.91 Å². The van der Waals surface area contributed by atoms with Crippen molar-refractivity contribution in [2.75, 3.05) is 32.8 Å². The Morgan fingerprint density at radius 2 is 1.84 bits per heavy atom. The number of halogens is 3. The van der Waals surface area contributed by atoms with Crippen LogP contribution in [0.15, 0.2) is 29.6 Å². The summed E-state index contributed by atoms with van der Waals surface area (Å²) in [5.41, 5.74) is 0.535. The largest absolute Gasteiger partial charge is 0.416 e. The maximum atomic E-state index is 12.7. The van der Waals surface area contributed by atoms with E-state index in [2.05, 4.69) is 29.0 Å². The number of hydrogen-bond donors (Lipinski definition) is 1. The molecule has 0 spiro atoms. The Balaban J connectivity index is 1.58. The molecular weight excluding hydrogens is 439 g/mol. The van der Waals surface area contributed by atoms with Crippen molar-refractivity contribution >= 4 is 17.2 Å². The fourth-order valence-corrected chi connectivity index (χ4v) is 4.93. The zero-order chi connectivity index (χ0) is 23.1. The molecule has 0 aliphatic carbocycles. The van der Waals surface area contributed by atoms with Crippen molar-refractivity contribution in [3.8, 4) is 10.6 Å². The molecule has 1 saturated heterocycles. The second-order valence-corrected chi connectivity index (χ2v) is 8.85. The van der Waals surface area contributed by atoms with Crippen LogP contribution in [0.4, 0.5) is 13.2 Å². The van der Waals surface area contributed by atoms with Crippen molar-refractivity contribution in [3.05, 3.63) is 40.9 Å². The van der Waals surface area contributed by atoms with Crippen LogP contribution in [-0.2, 0) is 22.1 Å². The van der Waals surface area contributed by atoms with Crippen molar-refractivity contribution in [1.29, 1.82) is 0 Å². The Morgan fingerprint density at radius 3 is 2.44 bits per heavy atom. The van der Waals surface area contributed by atoms with E-state index >= 15 is 0 Å². The topological polar surface area (TPSA) is 54.5 Å².